The molecular formula is C17H25NO6S. The third-order valence-corrected chi connectivity index (χ3v) is 4.44. The Labute approximate surface area is 148 Å². The van der Waals surface area contributed by atoms with Gasteiger partial charge in [-0.3, -0.25) is 8.98 Å². The van der Waals surface area contributed by atoms with E-state index in [9.17, 15) is 18.0 Å². The molecule has 0 bridgehead atoms. The fourth-order valence-electron chi connectivity index (χ4n) is 1.78. The second kappa shape index (κ2) is 9.53. The van der Waals surface area contributed by atoms with Crippen molar-refractivity contribution in [2.45, 2.75) is 27.2 Å². The lowest BCUT2D eigenvalue weighted by Crippen LogP contribution is -2.30. The van der Waals surface area contributed by atoms with Crippen LogP contribution in [0.3, 0.4) is 0 Å². The zero-order valence-electron chi connectivity index (χ0n) is 14.8. The molecule has 0 saturated carbocycles. The summed E-state index contributed by atoms with van der Waals surface area (Å²) in [6, 6.07) is 8.55. The topological polar surface area (TPSA) is 98.8 Å². The van der Waals surface area contributed by atoms with Gasteiger partial charge < -0.3 is 10.1 Å². The zero-order valence-corrected chi connectivity index (χ0v) is 15.6. The summed E-state index contributed by atoms with van der Waals surface area (Å²) in [4.78, 5) is 22.6. The first kappa shape index (κ1) is 21.1. The molecule has 0 aliphatic rings. The Morgan fingerprint density at radius 3 is 2.36 bits per heavy atom. The van der Waals surface area contributed by atoms with Gasteiger partial charge in [-0.1, -0.05) is 32.0 Å². The van der Waals surface area contributed by atoms with Crippen molar-refractivity contribution in [3.63, 3.8) is 0 Å². The van der Waals surface area contributed by atoms with E-state index in [1.54, 1.807) is 44.2 Å². The highest BCUT2D eigenvalue weighted by Gasteiger charge is 2.24. The maximum absolute atomic E-state index is 11.9. The maximum atomic E-state index is 11.9. The van der Waals surface area contributed by atoms with Crippen LogP contribution in [0.5, 0.6) is 0 Å². The van der Waals surface area contributed by atoms with Crippen molar-refractivity contribution in [2.75, 3.05) is 25.5 Å². The molecule has 0 aliphatic heterocycles. The highest BCUT2D eigenvalue weighted by atomic mass is 32.2. The number of benzene rings is 1. The molecule has 0 saturated heterocycles. The minimum absolute atomic E-state index is 0.0299. The molecule has 1 N–H and O–H groups in total. The first-order valence-electron chi connectivity index (χ1n) is 7.95. The van der Waals surface area contributed by atoms with Gasteiger partial charge in [0, 0.05) is 18.9 Å². The summed E-state index contributed by atoms with van der Waals surface area (Å²) in [6.07, 6.45) is 0.269. The second-order valence-corrected chi connectivity index (χ2v) is 8.23. The van der Waals surface area contributed by atoms with Crippen LogP contribution in [0.15, 0.2) is 30.3 Å². The smallest absolute Gasteiger partial charge is 0.338 e. The Morgan fingerprint density at radius 1 is 1.12 bits per heavy atom. The Bertz CT molecular complexity index is 670. The minimum atomic E-state index is -3.70. The van der Waals surface area contributed by atoms with Crippen LogP contribution in [0.4, 0.5) is 0 Å². The second-order valence-electron chi connectivity index (χ2n) is 6.47. The molecule has 7 nitrogen and oxygen atoms in total. The molecule has 0 radical (unpaired) electrons. The predicted octanol–water partition coefficient (Wildman–Crippen LogP) is 1.74. The van der Waals surface area contributed by atoms with Crippen molar-refractivity contribution in [3.05, 3.63) is 35.9 Å². The van der Waals surface area contributed by atoms with E-state index in [1.807, 2.05) is 0 Å². The van der Waals surface area contributed by atoms with E-state index < -0.39 is 21.5 Å². The lowest BCUT2D eigenvalue weighted by Gasteiger charge is -2.23. The van der Waals surface area contributed by atoms with E-state index in [0.717, 1.165) is 0 Å². The molecule has 25 heavy (non-hydrogen) atoms. The monoisotopic (exact) mass is 371 g/mol. The summed E-state index contributed by atoms with van der Waals surface area (Å²) < 4.78 is 33.9. The average molecular weight is 371 g/mol. The van der Waals surface area contributed by atoms with Crippen LogP contribution >= 0.6 is 0 Å². The van der Waals surface area contributed by atoms with Crippen molar-refractivity contribution < 1.29 is 26.9 Å². The van der Waals surface area contributed by atoms with Crippen LogP contribution in [0.25, 0.3) is 0 Å². The van der Waals surface area contributed by atoms with Crippen molar-refractivity contribution in [1.29, 1.82) is 0 Å². The number of carbonyl (C=O) groups is 2. The summed E-state index contributed by atoms with van der Waals surface area (Å²) in [5, 5.41) is 2.52. The van der Waals surface area contributed by atoms with E-state index in [-0.39, 0.29) is 37.8 Å². The highest BCUT2D eigenvalue weighted by molar-refractivity contribution is 7.86. The zero-order chi connectivity index (χ0) is 18.9. The van der Waals surface area contributed by atoms with Crippen LogP contribution in [0, 0.1) is 5.41 Å². The van der Waals surface area contributed by atoms with Gasteiger partial charge in [-0.25, -0.2) is 4.79 Å². The first-order valence-corrected chi connectivity index (χ1v) is 9.53. The van der Waals surface area contributed by atoms with Gasteiger partial charge in [0.2, 0.25) is 5.91 Å². The highest BCUT2D eigenvalue weighted by Crippen LogP contribution is 2.18. The number of hydrogen-bond donors (Lipinski definition) is 1. The van der Waals surface area contributed by atoms with Gasteiger partial charge in [-0.2, -0.15) is 8.42 Å². The maximum Gasteiger partial charge on any atom is 0.338 e. The lowest BCUT2D eigenvalue weighted by molar-refractivity contribution is -0.118. The Hall–Kier alpha value is -1.93. The molecule has 1 aromatic carbocycles. The van der Waals surface area contributed by atoms with Crippen molar-refractivity contribution in [2.24, 2.45) is 5.41 Å². The number of nitrogens with one attached hydrogen (secondary N) is 1. The number of esters is 1. The van der Waals surface area contributed by atoms with Crippen LogP contribution < -0.4 is 5.32 Å². The van der Waals surface area contributed by atoms with Crippen LogP contribution in [0.1, 0.15) is 37.6 Å². The van der Waals surface area contributed by atoms with Gasteiger partial charge in [-0.05, 0) is 18.6 Å². The molecule has 0 aliphatic carbocycles. The molecule has 1 rings (SSSR count). The van der Waals surface area contributed by atoms with E-state index >= 15 is 0 Å². The molecule has 140 valence electrons. The summed E-state index contributed by atoms with van der Waals surface area (Å²) in [6.45, 7) is 5.07. The van der Waals surface area contributed by atoms with Gasteiger partial charge in [0.25, 0.3) is 10.1 Å². The summed E-state index contributed by atoms with van der Waals surface area (Å²) in [5.41, 5.74) is -0.223. The predicted molar refractivity (Wildman–Crippen MR) is 93.5 cm³/mol. The van der Waals surface area contributed by atoms with E-state index in [2.05, 4.69) is 5.32 Å². The molecule has 0 aromatic heterocycles. The van der Waals surface area contributed by atoms with Crippen molar-refractivity contribution in [3.8, 4) is 0 Å². The summed E-state index contributed by atoms with van der Waals surface area (Å²) in [7, 11) is -3.70. The van der Waals surface area contributed by atoms with Gasteiger partial charge in [0.1, 0.15) is 0 Å². The molecule has 0 atom stereocenters. The van der Waals surface area contributed by atoms with Gasteiger partial charge in [0.05, 0.1) is 24.5 Å². The quantitative estimate of drug-likeness (QED) is 0.382. The Kier molecular flexibility index (Phi) is 8.05. The van der Waals surface area contributed by atoms with Crippen molar-refractivity contribution >= 4 is 22.0 Å². The number of hydrogen-bond acceptors (Lipinski definition) is 6. The minimum Gasteiger partial charge on any atom is -0.461 e. The van der Waals surface area contributed by atoms with Gasteiger partial charge >= 0.3 is 5.97 Å². The lowest BCUT2D eigenvalue weighted by atomic mass is 9.96. The molecule has 8 heteroatoms. The molecular weight excluding hydrogens is 346 g/mol. The van der Waals surface area contributed by atoms with Gasteiger partial charge in [-0.15, -0.1) is 0 Å². The molecule has 0 heterocycles. The summed E-state index contributed by atoms with van der Waals surface area (Å²) in [5.74, 6) is -0.862. The third-order valence-electron chi connectivity index (χ3n) is 3.18. The number of rotatable bonds is 10. The molecule has 0 fully saturated rings. The van der Waals surface area contributed by atoms with Gasteiger partial charge in [0.15, 0.2) is 0 Å². The van der Waals surface area contributed by atoms with Crippen molar-refractivity contribution in [1.82, 2.24) is 5.32 Å². The number of ether oxygens (including phenoxy) is 1. The fourth-order valence-corrected chi connectivity index (χ4v) is 2.90. The Balaban J connectivity index is 2.38. The fraction of sp³-hybridized carbons (Fsp3) is 0.529. The number of carbonyl (C=O) groups excluding carboxylic acids is 2. The average Bonchev–Trinajstić information content (AvgIpc) is 2.56. The van der Waals surface area contributed by atoms with E-state index in [4.69, 9.17) is 8.92 Å². The first-order chi connectivity index (χ1) is 11.6. The SMILES string of the molecule is CC(=O)NCCCS(=O)(=O)OCC(C)(C)COC(=O)c1ccccc1. The molecule has 1 aromatic rings. The Morgan fingerprint density at radius 2 is 1.76 bits per heavy atom. The molecule has 0 spiro atoms. The van der Waals surface area contributed by atoms with E-state index in [1.165, 1.54) is 6.92 Å². The normalized spacial score (nSPS) is 11.8. The standard InChI is InChI=1S/C17H25NO6S/c1-14(19)18-10-7-11-25(21,22)24-13-17(2,3)12-23-16(20)15-8-5-4-6-9-15/h4-6,8-9H,7,10-13H2,1-3H3,(H,18,19). The van der Waals surface area contributed by atoms with Crippen LogP contribution in [-0.4, -0.2) is 45.8 Å². The molecule has 0 unspecified atom stereocenters. The van der Waals surface area contributed by atoms with E-state index in [0.29, 0.717) is 5.56 Å². The molecule has 1 amide bonds. The van der Waals surface area contributed by atoms with Crippen LogP contribution in [0.2, 0.25) is 0 Å². The largest absolute Gasteiger partial charge is 0.461 e. The third kappa shape index (κ3) is 9.21. The van der Waals surface area contributed by atoms with Crippen LogP contribution in [-0.2, 0) is 23.8 Å². The summed E-state index contributed by atoms with van der Waals surface area (Å²) >= 11 is 0. The number of amides is 1.